The minimum absolute atomic E-state index is 0.368. The minimum atomic E-state index is 0.368. The van der Waals surface area contributed by atoms with Crippen molar-refractivity contribution in [3.8, 4) is 0 Å². The summed E-state index contributed by atoms with van der Waals surface area (Å²) < 4.78 is 10.5. The van der Waals surface area contributed by atoms with Crippen LogP contribution in [-0.2, 0) is 16.0 Å². The fourth-order valence-electron chi connectivity index (χ4n) is 2.33. The molecule has 0 aliphatic carbocycles. The van der Waals surface area contributed by atoms with Crippen LogP contribution >= 0.6 is 0 Å². The van der Waals surface area contributed by atoms with Crippen molar-refractivity contribution in [3.63, 3.8) is 0 Å². The average Bonchev–Trinajstić information content (AvgIpc) is 2.51. The summed E-state index contributed by atoms with van der Waals surface area (Å²) in [6.45, 7) is 8.30. The van der Waals surface area contributed by atoms with Gasteiger partial charge in [-0.1, -0.05) is 31.2 Å². The second kappa shape index (κ2) is 9.90. The van der Waals surface area contributed by atoms with Gasteiger partial charge in [-0.25, -0.2) is 0 Å². The molecule has 0 aliphatic heterocycles. The zero-order valence-corrected chi connectivity index (χ0v) is 13.8. The highest BCUT2D eigenvalue weighted by Crippen LogP contribution is 2.16. The molecular weight excluding hydrogens is 264 g/mol. The quantitative estimate of drug-likeness (QED) is 0.719. The van der Waals surface area contributed by atoms with Gasteiger partial charge in [0.15, 0.2) is 0 Å². The van der Waals surface area contributed by atoms with E-state index in [0.717, 1.165) is 26.3 Å². The number of benzene rings is 1. The van der Waals surface area contributed by atoms with E-state index < -0.39 is 0 Å². The number of nitrogens with two attached hydrogens (primary N) is 1. The number of rotatable bonds is 10. The highest BCUT2D eigenvalue weighted by molar-refractivity contribution is 5.25. The Morgan fingerprint density at radius 3 is 2.29 bits per heavy atom. The topological polar surface area (TPSA) is 47.7 Å². The molecule has 0 amide bonds. The van der Waals surface area contributed by atoms with Crippen molar-refractivity contribution in [1.82, 2.24) is 4.90 Å². The lowest BCUT2D eigenvalue weighted by Crippen LogP contribution is -2.38. The van der Waals surface area contributed by atoms with Gasteiger partial charge in [-0.15, -0.1) is 0 Å². The first-order valence-corrected chi connectivity index (χ1v) is 7.63. The van der Waals surface area contributed by atoms with Crippen LogP contribution in [0.25, 0.3) is 0 Å². The van der Waals surface area contributed by atoms with E-state index in [4.69, 9.17) is 15.2 Å². The van der Waals surface area contributed by atoms with E-state index in [1.54, 1.807) is 14.2 Å². The number of hydrogen-bond donors (Lipinski definition) is 1. The first kappa shape index (κ1) is 18.1. The van der Waals surface area contributed by atoms with Gasteiger partial charge >= 0.3 is 0 Å². The third kappa shape index (κ3) is 6.14. The number of methoxy groups -OCH3 is 2. The van der Waals surface area contributed by atoms with Crippen LogP contribution in [0.5, 0.6) is 0 Å². The van der Waals surface area contributed by atoms with Crippen LogP contribution in [0, 0.1) is 0 Å². The molecule has 0 saturated carbocycles. The summed E-state index contributed by atoms with van der Waals surface area (Å²) in [7, 11) is 3.48. The number of nitrogens with zero attached hydrogens (tertiary/aromatic N) is 1. The predicted octanol–water partition coefficient (Wildman–Crippen LogP) is 2.23. The first-order chi connectivity index (χ1) is 10.1. The van der Waals surface area contributed by atoms with E-state index in [1.165, 1.54) is 11.1 Å². The summed E-state index contributed by atoms with van der Waals surface area (Å²) >= 11 is 0. The Morgan fingerprint density at radius 2 is 1.76 bits per heavy atom. The standard InChI is InChI=1S/C17H30N2O2/c1-14(11-18)17-7-5-16(6-8-17)12-19(9-10-20-3)15(2)13-21-4/h5-8,14-15H,9-13,18H2,1-4H3. The molecule has 0 saturated heterocycles. The van der Waals surface area contributed by atoms with Gasteiger partial charge in [-0.05, 0) is 30.5 Å². The van der Waals surface area contributed by atoms with E-state index in [1.807, 2.05) is 0 Å². The van der Waals surface area contributed by atoms with Crippen molar-refractivity contribution in [2.45, 2.75) is 32.4 Å². The monoisotopic (exact) mass is 294 g/mol. The summed E-state index contributed by atoms with van der Waals surface area (Å²) in [5, 5.41) is 0. The van der Waals surface area contributed by atoms with E-state index in [2.05, 4.69) is 43.0 Å². The number of ether oxygens (including phenoxy) is 2. The molecular formula is C17H30N2O2. The molecule has 0 bridgehead atoms. The van der Waals surface area contributed by atoms with Crippen molar-refractivity contribution < 1.29 is 9.47 Å². The van der Waals surface area contributed by atoms with Crippen molar-refractivity contribution in [2.24, 2.45) is 5.73 Å². The van der Waals surface area contributed by atoms with Crippen LogP contribution in [0.1, 0.15) is 30.9 Å². The molecule has 4 heteroatoms. The van der Waals surface area contributed by atoms with Gasteiger partial charge in [-0.3, -0.25) is 4.90 Å². The van der Waals surface area contributed by atoms with Crippen LogP contribution in [0.3, 0.4) is 0 Å². The predicted molar refractivity (Wildman–Crippen MR) is 87.5 cm³/mol. The Morgan fingerprint density at radius 1 is 1.10 bits per heavy atom. The van der Waals surface area contributed by atoms with Crippen LogP contribution in [0.4, 0.5) is 0 Å². The normalized spacial score (nSPS) is 14.4. The second-order valence-electron chi connectivity index (χ2n) is 5.65. The first-order valence-electron chi connectivity index (χ1n) is 7.63. The lowest BCUT2D eigenvalue weighted by Gasteiger charge is -2.28. The summed E-state index contributed by atoms with van der Waals surface area (Å²) in [5.41, 5.74) is 8.32. The zero-order valence-electron chi connectivity index (χ0n) is 13.8. The maximum atomic E-state index is 5.71. The van der Waals surface area contributed by atoms with Crippen molar-refractivity contribution >= 4 is 0 Å². The SMILES string of the molecule is COCCN(Cc1ccc(C(C)CN)cc1)C(C)COC. The fourth-order valence-corrected chi connectivity index (χ4v) is 2.33. The molecule has 0 heterocycles. The molecule has 2 atom stereocenters. The molecule has 0 aromatic heterocycles. The van der Waals surface area contributed by atoms with Gasteiger partial charge in [0.1, 0.15) is 0 Å². The Kier molecular flexibility index (Phi) is 8.54. The largest absolute Gasteiger partial charge is 0.383 e. The average molecular weight is 294 g/mol. The van der Waals surface area contributed by atoms with Crippen LogP contribution in [-0.4, -0.2) is 51.5 Å². The van der Waals surface area contributed by atoms with Crippen LogP contribution in [0.2, 0.25) is 0 Å². The van der Waals surface area contributed by atoms with Crippen LogP contribution < -0.4 is 5.73 Å². The third-order valence-corrected chi connectivity index (χ3v) is 3.90. The molecule has 0 aliphatic rings. The van der Waals surface area contributed by atoms with Crippen molar-refractivity contribution in [2.75, 3.05) is 40.5 Å². The smallest absolute Gasteiger partial charge is 0.0615 e. The molecule has 0 fully saturated rings. The fraction of sp³-hybridized carbons (Fsp3) is 0.647. The molecule has 1 rings (SSSR count). The zero-order chi connectivity index (χ0) is 15.7. The maximum Gasteiger partial charge on any atom is 0.0615 e. The molecule has 120 valence electrons. The summed E-state index contributed by atoms with van der Waals surface area (Å²) in [6, 6.07) is 9.12. The maximum absolute atomic E-state index is 5.71. The Bertz CT molecular complexity index is 381. The van der Waals surface area contributed by atoms with Crippen LogP contribution in [0.15, 0.2) is 24.3 Å². The molecule has 0 radical (unpaired) electrons. The lowest BCUT2D eigenvalue weighted by atomic mass is 10.00. The highest BCUT2D eigenvalue weighted by Gasteiger charge is 2.14. The van der Waals surface area contributed by atoms with Crippen molar-refractivity contribution in [1.29, 1.82) is 0 Å². The van der Waals surface area contributed by atoms with Gasteiger partial charge in [-0.2, -0.15) is 0 Å². The van der Waals surface area contributed by atoms with E-state index in [9.17, 15) is 0 Å². The van der Waals surface area contributed by atoms with Gasteiger partial charge in [0.05, 0.1) is 13.2 Å². The molecule has 21 heavy (non-hydrogen) atoms. The summed E-state index contributed by atoms with van der Waals surface area (Å²) in [5.74, 6) is 0.413. The Balaban J connectivity index is 2.68. The lowest BCUT2D eigenvalue weighted by molar-refractivity contribution is 0.0705. The van der Waals surface area contributed by atoms with E-state index >= 15 is 0 Å². The molecule has 4 nitrogen and oxygen atoms in total. The summed E-state index contributed by atoms with van der Waals surface area (Å²) in [4.78, 5) is 2.38. The van der Waals surface area contributed by atoms with E-state index in [0.29, 0.717) is 18.5 Å². The van der Waals surface area contributed by atoms with Gasteiger partial charge in [0, 0.05) is 33.4 Å². The van der Waals surface area contributed by atoms with E-state index in [-0.39, 0.29) is 0 Å². The third-order valence-electron chi connectivity index (χ3n) is 3.90. The van der Waals surface area contributed by atoms with Gasteiger partial charge in [0.25, 0.3) is 0 Å². The van der Waals surface area contributed by atoms with Gasteiger partial charge < -0.3 is 15.2 Å². The van der Waals surface area contributed by atoms with Crippen molar-refractivity contribution in [3.05, 3.63) is 35.4 Å². The second-order valence-corrected chi connectivity index (χ2v) is 5.65. The Hall–Kier alpha value is -0.940. The van der Waals surface area contributed by atoms with Gasteiger partial charge in [0.2, 0.25) is 0 Å². The number of hydrogen-bond acceptors (Lipinski definition) is 4. The molecule has 1 aromatic rings. The minimum Gasteiger partial charge on any atom is -0.383 e. The molecule has 0 spiro atoms. The molecule has 1 aromatic carbocycles. The molecule has 2 N–H and O–H groups in total. The Labute approximate surface area is 129 Å². The summed E-state index contributed by atoms with van der Waals surface area (Å²) in [6.07, 6.45) is 0. The highest BCUT2D eigenvalue weighted by atomic mass is 16.5. The molecule has 2 unspecified atom stereocenters.